The van der Waals surface area contributed by atoms with E-state index in [0.29, 0.717) is 30.6 Å². The number of nitrogen functional groups attached to an aromatic ring is 1. The molecule has 3 N–H and O–H groups in total. The van der Waals surface area contributed by atoms with Crippen LogP contribution in [0.1, 0.15) is 10.7 Å². The Hall–Kier alpha value is -1.73. The normalized spacial score (nSPS) is 10.4. The number of nitrogens with zero attached hydrogens (tertiary/aromatic N) is 3. The Morgan fingerprint density at radius 2 is 2.35 bits per heavy atom. The van der Waals surface area contributed by atoms with E-state index in [1.54, 1.807) is 30.0 Å². The number of thiazole rings is 1. The molecule has 17 heavy (non-hydrogen) atoms. The van der Waals surface area contributed by atoms with Gasteiger partial charge in [0.15, 0.2) is 5.82 Å². The smallest absolute Gasteiger partial charge is 0.158 e. The van der Waals surface area contributed by atoms with Crippen molar-refractivity contribution in [2.45, 2.75) is 13.2 Å². The van der Waals surface area contributed by atoms with E-state index in [9.17, 15) is 0 Å². The van der Waals surface area contributed by atoms with E-state index in [4.69, 9.17) is 10.5 Å². The lowest BCUT2D eigenvalue weighted by atomic mass is 10.4. The Bertz CT molecular complexity index is 474. The summed E-state index contributed by atoms with van der Waals surface area (Å²) >= 11 is 1.59. The van der Waals surface area contributed by atoms with Gasteiger partial charge in [-0.1, -0.05) is 0 Å². The summed E-state index contributed by atoms with van der Waals surface area (Å²) < 4.78 is 4.97. The van der Waals surface area contributed by atoms with Gasteiger partial charge < -0.3 is 15.8 Å². The molecule has 0 saturated carbocycles. The molecule has 0 bridgehead atoms. The fraction of sp³-hybridized carbons (Fsp3) is 0.300. The van der Waals surface area contributed by atoms with Crippen molar-refractivity contribution in [1.29, 1.82) is 0 Å². The van der Waals surface area contributed by atoms with Gasteiger partial charge in [0.05, 0.1) is 12.1 Å². The molecule has 0 saturated heterocycles. The van der Waals surface area contributed by atoms with Gasteiger partial charge in [-0.3, -0.25) is 4.98 Å². The Labute approximate surface area is 103 Å². The summed E-state index contributed by atoms with van der Waals surface area (Å²) in [5.41, 5.74) is 7.48. The molecule has 0 atom stereocenters. The van der Waals surface area contributed by atoms with Crippen LogP contribution < -0.4 is 11.1 Å². The third kappa shape index (κ3) is 3.36. The average molecular weight is 251 g/mol. The third-order valence-corrected chi connectivity index (χ3v) is 2.77. The molecule has 2 rings (SSSR count). The Morgan fingerprint density at radius 1 is 1.47 bits per heavy atom. The van der Waals surface area contributed by atoms with Gasteiger partial charge in [0, 0.05) is 24.3 Å². The zero-order valence-corrected chi connectivity index (χ0v) is 10.2. The summed E-state index contributed by atoms with van der Waals surface area (Å²) in [5.74, 6) is 1.69. The Kier molecular flexibility index (Phi) is 3.84. The van der Waals surface area contributed by atoms with Crippen molar-refractivity contribution in [3.63, 3.8) is 0 Å². The van der Waals surface area contributed by atoms with E-state index in [-0.39, 0.29) is 0 Å². The minimum absolute atomic E-state index is 0.347. The lowest BCUT2D eigenvalue weighted by Gasteiger charge is -2.06. The number of aromatic nitrogens is 3. The number of hydrogen-bond donors (Lipinski definition) is 2. The second-order valence-electron chi connectivity index (χ2n) is 3.35. The fourth-order valence-corrected chi connectivity index (χ4v) is 1.84. The number of hydrogen-bond acceptors (Lipinski definition) is 7. The molecule has 2 heterocycles. The van der Waals surface area contributed by atoms with Gasteiger partial charge in [-0.25, -0.2) is 9.97 Å². The van der Waals surface area contributed by atoms with Gasteiger partial charge in [0.1, 0.15) is 18.2 Å². The highest BCUT2D eigenvalue weighted by molar-refractivity contribution is 7.09. The molecule has 0 unspecified atom stereocenters. The minimum atomic E-state index is 0.347. The monoisotopic (exact) mass is 251 g/mol. The topological polar surface area (TPSA) is 86.0 Å². The van der Waals surface area contributed by atoms with E-state index >= 15 is 0 Å². The van der Waals surface area contributed by atoms with E-state index in [0.717, 1.165) is 4.88 Å². The third-order valence-electron chi connectivity index (χ3n) is 1.99. The molecule has 0 radical (unpaired) electrons. The number of rotatable bonds is 5. The molecule has 0 aliphatic carbocycles. The minimum Gasteiger partial charge on any atom is -0.384 e. The predicted molar refractivity (Wildman–Crippen MR) is 66.6 cm³/mol. The number of nitrogens with two attached hydrogens (primary N) is 1. The van der Waals surface area contributed by atoms with Gasteiger partial charge in [-0.15, -0.1) is 11.3 Å². The van der Waals surface area contributed by atoms with Crippen LogP contribution in [-0.2, 0) is 17.9 Å². The first-order valence-corrected chi connectivity index (χ1v) is 5.89. The molecule has 0 fully saturated rings. The number of anilines is 2. The van der Waals surface area contributed by atoms with Crippen LogP contribution in [-0.4, -0.2) is 22.1 Å². The first-order chi connectivity index (χ1) is 8.28. The summed E-state index contributed by atoms with van der Waals surface area (Å²) in [4.78, 5) is 13.5. The highest BCUT2D eigenvalue weighted by atomic mass is 32.1. The summed E-state index contributed by atoms with van der Waals surface area (Å²) in [6.07, 6.45) is 1.82. The molecule has 6 nitrogen and oxygen atoms in total. The standard InChI is InChI=1S/C10H13N5OS/c1-16-5-10-14-8(11)2-9(15-10)13-4-7-3-12-6-17-7/h2-3,6H,4-5H2,1H3,(H3,11,13,14,15). The van der Waals surface area contributed by atoms with Crippen LogP contribution in [0.15, 0.2) is 17.8 Å². The van der Waals surface area contributed by atoms with Crippen molar-refractivity contribution in [2.75, 3.05) is 18.2 Å². The van der Waals surface area contributed by atoms with E-state index in [1.165, 1.54) is 0 Å². The number of nitrogens with one attached hydrogen (secondary N) is 1. The summed E-state index contributed by atoms with van der Waals surface area (Å²) in [6, 6.07) is 1.69. The molecule has 90 valence electrons. The van der Waals surface area contributed by atoms with Crippen molar-refractivity contribution in [2.24, 2.45) is 0 Å². The number of ether oxygens (including phenoxy) is 1. The van der Waals surface area contributed by atoms with Crippen LogP contribution in [0.25, 0.3) is 0 Å². The highest BCUT2D eigenvalue weighted by Crippen LogP contribution is 2.12. The van der Waals surface area contributed by atoms with Crippen molar-refractivity contribution < 1.29 is 4.74 Å². The fourth-order valence-electron chi connectivity index (χ4n) is 1.31. The molecule has 0 spiro atoms. The Morgan fingerprint density at radius 3 is 3.06 bits per heavy atom. The van der Waals surface area contributed by atoms with Crippen LogP contribution in [0.5, 0.6) is 0 Å². The summed E-state index contributed by atoms with van der Waals surface area (Å²) in [6.45, 7) is 1.02. The van der Waals surface area contributed by atoms with Crippen molar-refractivity contribution in [3.8, 4) is 0 Å². The first kappa shape index (κ1) is 11.7. The van der Waals surface area contributed by atoms with Gasteiger partial charge in [0.25, 0.3) is 0 Å². The maximum atomic E-state index is 5.68. The maximum absolute atomic E-state index is 5.68. The Balaban J connectivity index is 2.04. The molecule has 2 aromatic heterocycles. The first-order valence-electron chi connectivity index (χ1n) is 5.01. The van der Waals surface area contributed by atoms with Crippen LogP contribution >= 0.6 is 11.3 Å². The van der Waals surface area contributed by atoms with Crippen molar-refractivity contribution >= 4 is 23.0 Å². The molecular formula is C10H13N5OS. The lowest BCUT2D eigenvalue weighted by molar-refractivity contribution is 0.178. The van der Waals surface area contributed by atoms with Crippen LogP contribution in [0.3, 0.4) is 0 Å². The molecule has 0 aromatic carbocycles. The van der Waals surface area contributed by atoms with Gasteiger partial charge in [-0.2, -0.15) is 0 Å². The SMILES string of the molecule is COCc1nc(N)cc(NCc2cncs2)n1. The van der Waals surface area contributed by atoms with Crippen molar-refractivity contribution in [1.82, 2.24) is 15.0 Å². The van der Waals surface area contributed by atoms with Gasteiger partial charge in [-0.05, 0) is 0 Å². The molecule has 7 heteroatoms. The van der Waals surface area contributed by atoms with Gasteiger partial charge >= 0.3 is 0 Å². The predicted octanol–water partition coefficient (Wildman–Crippen LogP) is 1.27. The van der Waals surface area contributed by atoms with E-state index in [2.05, 4.69) is 20.3 Å². The van der Waals surface area contributed by atoms with Crippen LogP contribution in [0, 0.1) is 0 Å². The van der Waals surface area contributed by atoms with Crippen molar-refractivity contribution in [3.05, 3.63) is 28.5 Å². The van der Waals surface area contributed by atoms with Crippen LogP contribution in [0.4, 0.5) is 11.6 Å². The van der Waals surface area contributed by atoms with Crippen LogP contribution in [0.2, 0.25) is 0 Å². The molecular weight excluding hydrogens is 238 g/mol. The molecule has 0 amide bonds. The average Bonchev–Trinajstić information content (AvgIpc) is 2.79. The zero-order valence-electron chi connectivity index (χ0n) is 9.38. The molecule has 0 aliphatic heterocycles. The highest BCUT2D eigenvalue weighted by Gasteiger charge is 2.03. The lowest BCUT2D eigenvalue weighted by Crippen LogP contribution is -2.06. The maximum Gasteiger partial charge on any atom is 0.158 e. The second-order valence-corrected chi connectivity index (χ2v) is 4.32. The molecule has 2 aromatic rings. The largest absolute Gasteiger partial charge is 0.384 e. The van der Waals surface area contributed by atoms with E-state index in [1.807, 2.05) is 6.20 Å². The van der Waals surface area contributed by atoms with Gasteiger partial charge in [0.2, 0.25) is 0 Å². The summed E-state index contributed by atoms with van der Waals surface area (Å²) in [7, 11) is 1.59. The number of methoxy groups -OCH3 is 1. The quantitative estimate of drug-likeness (QED) is 0.832. The second kappa shape index (κ2) is 5.55. The van der Waals surface area contributed by atoms with E-state index < -0.39 is 0 Å². The molecule has 0 aliphatic rings. The summed E-state index contributed by atoms with van der Waals surface area (Å²) in [5, 5.41) is 3.17. The zero-order chi connectivity index (χ0) is 12.1.